The lowest BCUT2D eigenvalue weighted by molar-refractivity contribution is -0.122. The maximum absolute atomic E-state index is 11.8. The first-order valence-electron chi connectivity index (χ1n) is 34.3. The van der Waals surface area contributed by atoms with Crippen LogP contribution in [0.4, 0.5) is 0 Å². The van der Waals surface area contributed by atoms with Gasteiger partial charge in [-0.05, 0) is 83.0 Å². The highest BCUT2D eigenvalue weighted by Crippen LogP contribution is 2.21. The van der Waals surface area contributed by atoms with Crippen LogP contribution in [0.1, 0.15) is 166 Å². The van der Waals surface area contributed by atoms with Crippen molar-refractivity contribution in [1.82, 2.24) is 0 Å². The summed E-state index contributed by atoms with van der Waals surface area (Å²) in [7, 11) is 0. The number of hydrogen-bond acceptors (Lipinski definition) is 7. The summed E-state index contributed by atoms with van der Waals surface area (Å²) in [4.78, 5) is 80.0. The Bertz CT molecular complexity index is 3310. The van der Waals surface area contributed by atoms with E-state index in [4.69, 9.17) is 11.6 Å². The minimum Gasteiger partial charge on any atom is -0.299 e. The van der Waals surface area contributed by atoms with Crippen molar-refractivity contribution in [3.8, 4) is 11.1 Å². The molecule has 0 bridgehead atoms. The predicted octanol–water partition coefficient (Wildman–Crippen LogP) is 21.5. The van der Waals surface area contributed by atoms with E-state index in [0.717, 1.165) is 38.9 Å². The van der Waals surface area contributed by atoms with Gasteiger partial charge in [-0.3, -0.25) is 33.6 Å². The van der Waals surface area contributed by atoms with Crippen LogP contribution < -0.4 is 0 Å². The summed E-state index contributed by atoms with van der Waals surface area (Å²) in [5.74, 6) is 3.02. The Morgan fingerprint density at radius 1 is 0.240 bits per heavy atom. The molecule has 0 spiro atoms. The lowest BCUT2D eigenvalue weighted by Gasteiger charge is -2.07. The van der Waals surface area contributed by atoms with Crippen molar-refractivity contribution in [3.63, 3.8) is 0 Å². The molecule has 8 aromatic carbocycles. The Hall–Kier alpha value is -8.26. The molecule has 514 valence electrons. The van der Waals surface area contributed by atoms with E-state index in [2.05, 4.69) is 42.5 Å². The van der Waals surface area contributed by atoms with Crippen LogP contribution in [0, 0.1) is 62.2 Å². The summed E-state index contributed by atoms with van der Waals surface area (Å²) >= 11 is 5.73. The quantitative estimate of drug-likeness (QED) is 0.0663. The standard InChI is InChI=1S/C17H18O.3C12H16O.C11H13ClO.2C11H14O.C2H6/c1-13(2)17(18)12-14-7-6-10-16(11-14)15-8-4-3-5-9-15;3*1-9(2)12(13)8-11-6-4-5-10(3)7-11;1-8(2)11(13)7-9-3-5-10(12)6-4-9;2*1-9(2)11(12)8-10-6-4-3-5-7-10;1-2/h3-11,13H,12H2,1-2H3;3*4-7,9H,8H2,1-3H3;3-6,8H,7H2,1-2H3;2*3-7,9H,8H2,1-2H3;1-2H3. The fourth-order valence-corrected chi connectivity index (χ4v) is 8.71. The average Bonchev–Trinajstić information content (AvgIpc) is 1.57. The van der Waals surface area contributed by atoms with E-state index in [1.54, 1.807) is 0 Å². The number of rotatable bonds is 22. The number of Topliss-reactive ketones (excluding diaryl/α,β-unsaturated/α-hetero) is 7. The summed E-state index contributed by atoms with van der Waals surface area (Å²) in [5.41, 5.74) is 13.7. The van der Waals surface area contributed by atoms with Crippen molar-refractivity contribution in [3.05, 3.63) is 273 Å². The van der Waals surface area contributed by atoms with Gasteiger partial charge in [0.2, 0.25) is 0 Å². The van der Waals surface area contributed by atoms with Gasteiger partial charge < -0.3 is 0 Å². The highest BCUT2D eigenvalue weighted by molar-refractivity contribution is 6.30. The zero-order valence-corrected chi connectivity index (χ0v) is 62.2. The molecule has 0 radical (unpaired) electrons. The first-order chi connectivity index (χ1) is 45.4. The minimum atomic E-state index is 0.102. The lowest BCUT2D eigenvalue weighted by atomic mass is 9.97. The Balaban J connectivity index is 0.000000560. The van der Waals surface area contributed by atoms with Crippen LogP contribution in [0.3, 0.4) is 0 Å². The number of hydrogen-bond donors (Lipinski definition) is 0. The molecular weight excluding hydrogens is 1200 g/mol. The summed E-state index contributed by atoms with van der Waals surface area (Å²) in [6.45, 7) is 37.3. The third-order valence-corrected chi connectivity index (χ3v) is 15.3. The van der Waals surface area contributed by atoms with Crippen LogP contribution >= 0.6 is 11.6 Å². The second kappa shape index (κ2) is 48.4. The number of halogens is 1. The molecule has 0 aromatic heterocycles. The van der Waals surface area contributed by atoms with Crippen molar-refractivity contribution < 1.29 is 33.6 Å². The fourth-order valence-electron chi connectivity index (χ4n) is 8.59. The third kappa shape index (κ3) is 38.9. The van der Waals surface area contributed by atoms with Crippen molar-refractivity contribution >= 4 is 52.1 Å². The van der Waals surface area contributed by atoms with Gasteiger partial charge in [-0.15, -0.1) is 0 Å². The molecule has 0 saturated carbocycles. The van der Waals surface area contributed by atoms with Crippen molar-refractivity contribution in [1.29, 1.82) is 0 Å². The molecule has 0 heterocycles. The molecule has 0 atom stereocenters. The zero-order valence-electron chi connectivity index (χ0n) is 61.4. The van der Waals surface area contributed by atoms with Crippen molar-refractivity contribution in [2.24, 2.45) is 41.4 Å². The third-order valence-electron chi connectivity index (χ3n) is 15.0. The Labute approximate surface area is 584 Å². The van der Waals surface area contributed by atoms with E-state index in [-0.39, 0.29) is 47.2 Å². The number of carbonyl (C=O) groups excluding carboxylic acids is 7. The molecule has 8 rings (SSSR count). The summed E-state index contributed by atoms with van der Waals surface area (Å²) in [6.07, 6.45) is 3.88. The van der Waals surface area contributed by atoms with Gasteiger partial charge in [-0.2, -0.15) is 0 Å². The first-order valence-corrected chi connectivity index (χ1v) is 34.6. The number of carbonyl (C=O) groups is 7. The Morgan fingerprint density at radius 2 is 0.438 bits per heavy atom. The van der Waals surface area contributed by atoms with Gasteiger partial charge in [0, 0.05) is 91.4 Å². The highest BCUT2D eigenvalue weighted by atomic mass is 35.5. The lowest BCUT2D eigenvalue weighted by Crippen LogP contribution is -2.10. The van der Waals surface area contributed by atoms with Gasteiger partial charge in [0.05, 0.1) is 0 Å². The fraction of sp³-hybridized carbons (Fsp3) is 0.375. The molecular formula is C88H113ClO7. The zero-order chi connectivity index (χ0) is 72.3. The van der Waals surface area contributed by atoms with Crippen molar-refractivity contribution in [2.75, 3.05) is 0 Å². The van der Waals surface area contributed by atoms with E-state index in [1.165, 1.54) is 27.8 Å². The van der Waals surface area contributed by atoms with Crippen molar-refractivity contribution in [2.45, 2.75) is 176 Å². The molecule has 0 amide bonds. The van der Waals surface area contributed by atoms with Crippen LogP contribution in [0.5, 0.6) is 0 Å². The van der Waals surface area contributed by atoms with Gasteiger partial charge >= 0.3 is 0 Å². The van der Waals surface area contributed by atoms with Crippen LogP contribution in [-0.2, 0) is 78.5 Å². The molecule has 96 heavy (non-hydrogen) atoms. The van der Waals surface area contributed by atoms with E-state index >= 15 is 0 Å². The van der Waals surface area contributed by atoms with Gasteiger partial charge in [0.25, 0.3) is 0 Å². The molecule has 8 heteroatoms. The van der Waals surface area contributed by atoms with Gasteiger partial charge in [-0.1, -0.05) is 339 Å². The van der Waals surface area contributed by atoms with E-state index in [0.29, 0.717) is 84.7 Å². The van der Waals surface area contributed by atoms with E-state index in [1.807, 2.05) is 301 Å². The maximum atomic E-state index is 11.8. The topological polar surface area (TPSA) is 119 Å². The monoisotopic (exact) mass is 1320 g/mol. The van der Waals surface area contributed by atoms with Gasteiger partial charge in [0.15, 0.2) is 0 Å². The second-order valence-electron chi connectivity index (χ2n) is 26.2. The van der Waals surface area contributed by atoms with Crippen LogP contribution in [0.25, 0.3) is 11.1 Å². The Morgan fingerprint density at radius 3 is 0.688 bits per heavy atom. The van der Waals surface area contributed by atoms with Gasteiger partial charge in [0.1, 0.15) is 40.5 Å². The molecule has 0 aliphatic carbocycles. The largest absolute Gasteiger partial charge is 0.299 e. The smallest absolute Gasteiger partial charge is 0.139 e. The van der Waals surface area contributed by atoms with E-state index < -0.39 is 0 Å². The van der Waals surface area contributed by atoms with Crippen LogP contribution in [0.2, 0.25) is 5.02 Å². The molecule has 0 unspecified atom stereocenters. The molecule has 0 aliphatic heterocycles. The molecule has 0 fully saturated rings. The first kappa shape index (κ1) is 85.8. The van der Waals surface area contributed by atoms with Crippen LogP contribution in [0.15, 0.2) is 212 Å². The predicted molar refractivity (Wildman–Crippen MR) is 406 cm³/mol. The molecule has 7 nitrogen and oxygen atoms in total. The SMILES string of the molecule is CC.CC(C)C(=O)Cc1ccc(Cl)cc1.CC(C)C(=O)Cc1cccc(-c2ccccc2)c1.CC(C)C(=O)Cc1ccccc1.CC(C)C(=O)Cc1ccccc1.Cc1cccc(CC(=O)C(C)C)c1.Cc1cccc(CC(=O)C(C)C)c1.Cc1cccc(CC(=O)C(C)C)c1. The summed E-state index contributed by atoms with van der Waals surface area (Å²) in [6, 6.07) is 69.9. The average molecular weight is 1320 g/mol. The number of ketones is 7. The number of benzene rings is 8. The summed E-state index contributed by atoms with van der Waals surface area (Å²) in [5, 5.41) is 0.709. The molecule has 8 aromatic rings. The molecule has 0 saturated heterocycles. The molecule has 0 N–H and O–H groups in total. The summed E-state index contributed by atoms with van der Waals surface area (Å²) < 4.78 is 0. The number of aryl methyl sites for hydroxylation is 3. The highest BCUT2D eigenvalue weighted by Gasteiger charge is 2.13. The Kier molecular flexibility index (Phi) is 43.3. The second-order valence-corrected chi connectivity index (χ2v) is 26.7. The van der Waals surface area contributed by atoms with E-state index in [9.17, 15) is 33.6 Å². The van der Waals surface area contributed by atoms with Gasteiger partial charge in [-0.25, -0.2) is 0 Å². The minimum absolute atomic E-state index is 0.102. The van der Waals surface area contributed by atoms with Crippen LogP contribution in [-0.4, -0.2) is 40.5 Å². The molecule has 0 aliphatic rings. The normalized spacial score (nSPS) is 10.3. The maximum Gasteiger partial charge on any atom is 0.139 e.